The smallest absolute Gasteiger partial charge is 0.269 e. The van der Waals surface area contributed by atoms with Crippen molar-refractivity contribution in [2.24, 2.45) is 0 Å². The van der Waals surface area contributed by atoms with Crippen LogP contribution >= 0.6 is 0 Å². The number of benzene rings is 2. The van der Waals surface area contributed by atoms with Crippen LogP contribution < -0.4 is 0 Å². The molecular weight excluding hydrogens is 306 g/mol. The maximum absolute atomic E-state index is 12.7. The van der Waals surface area contributed by atoms with Gasteiger partial charge in [0, 0.05) is 17.7 Å². The summed E-state index contributed by atoms with van der Waals surface area (Å²) in [4.78, 5) is 23.0. The van der Waals surface area contributed by atoms with Crippen LogP contribution in [0.2, 0.25) is 0 Å². The van der Waals surface area contributed by atoms with Crippen molar-refractivity contribution in [3.05, 3.63) is 75.3 Å². The Labute approximate surface area is 140 Å². The molecule has 1 N–H and O–H groups in total. The second-order valence-electron chi connectivity index (χ2n) is 5.47. The number of hydrogen-bond donors (Lipinski definition) is 1. The Morgan fingerprint density at radius 2 is 1.83 bits per heavy atom. The summed E-state index contributed by atoms with van der Waals surface area (Å²) in [6, 6.07) is 12.5. The molecule has 124 valence electrons. The number of non-ortho nitro benzene ring substituents is 1. The predicted molar refractivity (Wildman–Crippen MR) is 93.0 cm³/mol. The highest BCUT2D eigenvalue weighted by Gasteiger charge is 2.15. The number of unbranched alkanes of at least 4 members (excludes halogenated alkanes) is 1. The zero-order valence-electron chi connectivity index (χ0n) is 13.4. The van der Waals surface area contributed by atoms with Crippen LogP contribution in [0.3, 0.4) is 0 Å². The van der Waals surface area contributed by atoms with Crippen LogP contribution in [0.15, 0.2) is 54.1 Å². The quantitative estimate of drug-likeness (QED) is 0.344. The summed E-state index contributed by atoms with van der Waals surface area (Å²) in [7, 11) is 0. The van der Waals surface area contributed by atoms with E-state index in [1.165, 1.54) is 18.2 Å². The Kier molecular flexibility index (Phi) is 5.84. The molecular formula is C19H19NO4. The van der Waals surface area contributed by atoms with E-state index in [9.17, 15) is 20.0 Å². The molecule has 0 unspecified atom stereocenters. The average Bonchev–Trinajstić information content (AvgIpc) is 2.59. The molecule has 0 saturated carbocycles. The molecule has 0 radical (unpaired) electrons. The molecule has 0 aromatic heterocycles. The average molecular weight is 325 g/mol. The monoisotopic (exact) mass is 325 g/mol. The molecule has 0 aliphatic heterocycles. The van der Waals surface area contributed by atoms with E-state index in [1.54, 1.807) is 36.4 Å². The number of phenolic OH excluding ortho intramolecular Hbond substituents is 1. The first-order chi connectivity index (χ1) is 11.5. The first kappa shape index (κ1) is 17.4. The minimum Gasteiger partial charge on any atom is -0.507 e. The number of para-hydroxylation sites is 1. The Morgan fingerprint density at radius 3 is 2.42 bits per heavy atom. The fourth-order valence-corrected chi connectivity index (χ4v) is 2.35. The van der Waals surface area contributed by atoms with Gasteiger partial charge < -0.3 is 5.11 Å². The summed E-state index contributed by atoms with van der Waals surface area (Å²) in [5.74, 6) is -0.270. The van der Waals surface area contributed by atoms with Gasteiger partial charge in [0.1, 0.15) is 5.75 Å². The fraction of sp³-hybridized carbons (Fsp3) is 0.211. The molecule has 0 amide bonds. The minimum atomic E-state index is -0.460. The maximum atomic E-state index is 12.7. The minimum absolute atomic E-state index is 0.00860. The number of carbonyl (C=O) groups is 1. The van der Waals surface area contributed by atoms with Crippen LogP contribution in [0.5, 0.6) is 5.75 Å². The van der Waals surface area contributed by atoms with E-state index in [1.807, 2.05) is 6.92 Å². The third kappa shape index (κ3) is 4.29. The van der Waals surface area contributed by atoms with E-state index >= 15 is 0 Å². The number of nitrogens with zero attached hydrogens (tertiary/aromatic N) is 1. The van der Waals surface area contributed by atoms with Crippen molar-refractivity contribution in [3.63, 3.8) is 0 Å². The lowest BCUT2D eigenvalue weighted by Gasteiger charge is -2.08. The van der Waals surface area contributed by atoms with Crippen molar-refractivity contribution in [1.82, 2.24) is 0 Å². The molecule has 2 rings (SSSR count). The van der Waals surface area contributed by atoms with Crippen molar-refractivity contribution >= 4 is 17.5 Å². The first-order valence-electron chi connectivity index (χ1n) is 7.80. The van der Waals surface area contributed by atoms with Gasteiger partial charge in [0.25, 0.3) is 5.69 Å². The van der Waals surface area contributed by atoms with Crippen LogP contribution in [0.4, 0.5) is 5.69 Å². The van der Waals surface area contributed by atoms with Gasteiger partial charge >= 0.3 is 0 Å². The van der Waals surface area contributed by atoms with E-state index < -0.39 is 4.92 Å². The predicted octanol–water partition coefficient (Wildman–Crippen LogP) is 4.76. The van der Waals surface area contributed by atoms with Crippen LogP contribution in [-0.4, -0.2) is 15.8 Å². The van der Waals surface area contributed by atoms with Crippen LogP contribution in [0.25, 0.3) is 6.08 Å². The summed E-state index contributed by atoms with van der Waals surface area (Å²) < 4.78 is 0. The topological polar surface area (TPSA) is 80.4 Å². The number of allylic oxidation sites excluding steroid dienone is 1. The number of phenols is 1. The van der Waals surface area contributed by atoms with Gasteiger partial charge in [0.15, 0.2) is 5.78 Å². The summed E-state index contributed by atoms with van der Waals surface area (Å²) in [5, 5.41) is 20.6. The molecule has 24 heavy (non-hydrogen) atoms. The summed E-state index contributed by atoms with van der Waals surface area (Å²) in [6.07, 6.45) is 4.10. The lowest BCUT2D eigenvalue weighted by Crippen LogP contribution is -2.04. The second kappa shape index (κ2) is 8.06. The highest BCUT2D eigenvalue weighted by Crippen LogP contribution is 2.24. The molecule has 0 aliphatic rings. The van der Waals surface area contributed by atoms with Crippen molar-refractivity contribution in [3.8, 4) is 5.75 Å². The Hall–Kier alpha value is -2.95. The third-order valence-corrected chi connectivity index (χ3v) is 3.68. The maximum Gasteiger partial charge on any atom is 0.269 e. The van der Waals surface area contributed by atoms with E-state index in [2.05, 4.69) is 0 Å². The molecule has 2 aromatic carbocycles. The number of hydrogen-bond acceptors (Lipinski definition) is 4. The summed E-state index contributed by atoms with van der Waals surface area (Å²) >= 11 is 0. The number of ketones is 1. The van der Waals surface area contributed by atoms with Gasteiger partial charge in [0.2, 0.25) is 0 Å². The molecule has 0 atom stereocenters. The molecule has 0 aliphatic carbocycles. The molecule has 0 bridgehead atoms. The number of nitro groups is 1. The van der Waals surface area contributed by atoms with E-state index in [-0.39, 0.29) is 22.8 Å². The van der Waals surface area contributed by atoms with E-state index in [0.29, 0.717) is 12.0 Å². The van der Waals surface area contributed by atoms with Crippen molar-refractivity contribution in [1.29, 1.82) is 0 Å². The van der Waals surface area contributed by atoms with Gasteiger partial charge in [-0.3, -0.25) is 14.9 Å². The Morgan fingerprint density at radius 1 is 1.17 bits per heavy atom. The standard InChI is InChI=1S/C19H19NO4/c1-2-3-6-15(19(22)17-7-4-5-8-18(17)21)13-14-9-11-16(12-10-14)20(23)24/h4-5,7-13,21H,2-3,6H2,1H3. The zero-order valence-corrected chi connectivity index (χ0v) is 13.4. The SMILES string of the molecule is CCCCC(=Cc1ccc([N+](=O)[O-])cc1)C(=O)c1ccccc1O. The first-order valence-corrected chi connectivity index (χ1v) is 7.80. The molecule has 0 spiro atoms. The highest BCUT2D eigenvalue weighted by atomic mass is 16.6. The van der Waals surface area contributed by atoms with E-state index in [4.69, 9.17) is 0 Å². The summed E-state index contributed by atoms with van der Waals surface area (Å²) in [5.41, 5.74) is 1.57. The van der Waals surface area contributed by atoms with Crippen molar-refractivity contribution in [2.75, 3.05) is 0 Å². The largest absolute Gasteiger partial charge is 0.507 e. The van der Waals surface area contributed by atoms with Gasteiger partial charge in [0.05, 0.1) is 10.5 Å². The fourth-order valence-electron chi connectivity index (χ4n) is 2.35. The lowest BCUT2D eigenvalue weighted by atomic mass is 9.96. The zero-order chi connectivity index (χ0) is 17.5. The normalized spacial score (nSPS) is 11.3. The van der Waals surface area contributed by atoms with Crippen LogP contribution in [0.1, 0.15) is 42.1 Å². The van der Waals surface area contributed by atoms with Gasteiger partial charge in [-0.05, 0) is 48.7 Å². The van der Waals surface area contributed by atoms with Crippen LogP contribution in [0, 0.1) is 10.1 Å². The van der Waals surface area contributed by atoms with Gasteiger partial charge in [-0.1, -0.05) is 25.5 Å². The molecule has 0 saturated heterocycles. The van der Waals surface area contributed by atoms with Gasteiger partial charge in [-0.2, -0.15) is 0 Å². The van der Waals surface area contributed by atoms with Crippen molar-refractivity contribution < 1.29 is 14.8 Å². The molecule has 5 heteroatoms. The van der Waals surface area contributed by atoms with Gasteiger partial charge in [-0.25, -0.2) is 0 Å². The van der Waals surface area contributed by atoms with Crippen molar-refractivity contribution in [2.45, 2.75) is 26.2 Å². The van der Waals surface area contributed by atoms with E-state index in [0.717, 1.165) is 18.4 Å². The van der Waals surface area contributed by atoms with Gasteiger partial charge in [-0.15, -0.1) is 0 Å². The third-order valence-electron chi connectivity index (χ3n) is 3.68. The molecule has 2 aromatic rings. The summed E-state index contributed by atoms with van der Waals surface area (Å²) in [6.45, 7) is 2.04. The molecule has 5 nitrogen and oxygen atoms in total. The lowest BCUT2D eigenvalue weighted by molar-refractivity contribution is -0.384. The Bertz CT molecular complexity index is 763. The number of carbonyl (C=O) groups excluding carboxylic acids is 1. The number of aromatic hydroxyl groups is 1. The highest BCUT2D eigenvalue weighted by molar-refractivity contribution is 6.12. The number of nitro benzene ring substituents is 1. The number of rotatable bonds is 7. The molecule has 0 fully saturated rings. The number of Topliss-reactive ketones (excluding diaryl/α,β-unsaturated/α-hetero) is 1. The Balaban J connectivity index is 2.35. The molecule has 0 heterocycles. The second-order valence-corrected chi connectivity index (χ2v) is 5.47. The van der Waals surface area contributed by atoms with Crippen LogP contribution in [-0.2, 0) is 0 Å².